The van der Waals surface area contributed by atoms with Crippen molar-refractivity contribution in [2.45, 2.75) is 39.5 Å². The van der Waals surface area contributed by atoms with E-state index in [1.54, 1.807) is 13.0 Å². The third-order valence-corrected chi connectivity index (χ3v) is 5.68. The minimum absolute atomic E-state index is 0.134. The van der Waals surface area contributed by atoms with Gasteiger partial charge in [-0.05, 0) is 62.6 Å². The van der Waals surface area contributed by atoms with Crippen molar-refractivity contribution in [1.82, 2.24) is 9.79 Å². The summed E-state index contributed by atoms with van der Waals surface area (Å²) in [7, 11) is 0. The van der Waals surface area contributed by atoms with Crippen molar-refractivity contribution < 1.29 is 23.0 Å². The third kappa shape index (κ3) is 3.16. The normalized spacial score (nSPS) is 16.2. The van der Waals surface area contributed by atoms with Crippen molar-refractivity contribution in [3.63, 3.8) is 0 Å². The summed E-state index contributed by atoms with van der Waals surface area (Å²) in [6, 6.07) is 9.26. The molecule has 0 unspecified atom stereocenters. The van der Waals surface area contributed by atoms with Crippen molar-refractivity contribution in [1.29, 1.82) is 0 Å². The fraction of sp³-hybridized carbons (Fsp3) is 0.333. The van der Waals surface area contributed by atoms with Crippen LogP contribution < -0.4 is 5.32 Å². The van der Waals surface area contributed by atoms with Crippen LogP contribution in [-0.2, 0) is 4.79 Å². The monoisotopic (exact) mass is 399 g/mol. The Bertz CT molecular complexity index is 1060. The van der Waals surface area contributed by atoms with Crippen molar-refractivity contribution in [3.8, 4) is 0 Å². The second-order valence-corrected chi connectivity index (χ2v) is 7.74. The minimum atomic E-state index is -4.03. The second-order valence-electron chi connectivity index (χ2n) is 7.74. The maximum atomic E-state index is 15.7. The van der Waals surface area contributed by atoms with Crippen LogP contribution in [-0.4, -0.2) is 39.4 Å². The smallest absolute Gasteiger partial charge is 0.481 e. The van der Waals surface area contributed by atoms with Crippen LogP contribution in [0.2, 0.25) is 0 Å². The van der Waals surface area contributed by atoms with E-state index in [0.717, 1.165) is 38.5 Å². The van der Waals surface area contributed by atoms with Crippen LogP contribution in [0, 0.1) is 13.8 Å². The first-order valence-electron chi connectivity index (χ1n) is 9.96. The van der Waals surface area contributed by atoms with Gasteiger partial charge in [-0.1, -0.05) is 12.1 Å². The molecule has 0 saturated heterocycles. The number of unbranched alkanes of at least 4 members (excludes halogenated alkanes) is 2. The third-order valence-electron chi connectivity index (χ3n) is 5.68. The number of benzene rings is 1. The number of amidine groups is 1. The van der Waals surface area contributed by atoms with Gasteiger partial charge in [-0.3, -0.25) is 10.1 Å². The summed E-state index contributed by atoms with van der Waals surface area (Å²) in [4.78, 5) is 10.6. The van der Waals surface area contributed by atoms with Gasteiger partial charge in [-0.2, -0.15) is 0 Å². The van der Waals surface area contributed by atoms with E-state index >= 15 is 8.63 Å². The highest BCUT2D eigenvalue weighted by Crippen LogP contribution is 2.40. The number of carboxylic acids is 1. The molecule has 4 rings (SSSR count). The molecule has 152 valence electrons. The summed E-state index contributed by atoms with van der Waals surface area (Å²) in [5.74, 6) is -0.387. The van der Waals surface area contributed by atoms with Crippen LogP contribution >= 0.6 is 0 Å². The SMILES string of the molecule is Cc1cc(C)n2c1C=C1c3ccccc3C(NCCCCCC(=O)O)=[N+]1[B-]2(F)F. The van der Waals surface area contributed by atoms with E-state index < -0.39 is 12.9 Å². The molecule has 3 heterocycles. The molecule has 0 spiro atoms. The molecule has 0 amide bonds. The number of halogens is 2. The Morgan fingerprint density at radius 2 is 1.90 bits per heavy atom. The topological polar surface area (TPSA) is 57.3 Å². The van der Waals surface area contributed by atoms with Crippen molar-refractivity contribution in [2.75, 3.05) is 6.54 Å². The lowest BCUT2D eigenvalue weighted by Gasteiger charge is -2.34. The first-order valence-corrected chi connectivity index (χ1v) is 9.96. The Labute approximate surface area is 168 Å². The Kier molecular flexibility index (Phi) is 4.80. The van der Waals surface area contributed by atoms with Gasteiger partial charge in [0, 0.05) is 23.8 Å². The number of carbonyl (C=O) groups is 1. The molecule has 0 saturated carbocycles. The van der Waals surface area contributed by atoms with Crippen molar-refractivity contribution in [3.05, 3.63) is 58.4 Å². The lowest BCUT2D eigenvalue weighted by molar-refractivity contribution is -0.320. The molecule has 5 nitrogen and oxygen atoms in total. The lowest BCUT2D eigenvalue weighted by Crippen LogP contribution is -2.52. The van der Waals surface area contributed by atoms with Crippen molar-refractivity contribution in [2.24, 2.45) is 0 Å². The molecule has 2 aliphatic rings. The molecule has 1 aromatic heterocycles. The fourth-order valence-electron chi connectivity index (χ4n) is 4.41. The average molecular weight is 399 g/mol. The number of aryl methyl sites for hydroxylation is 2. The zero-order chi connectivity index (χ0) is 20.8. The zero-order valence-electron chi connectivity index (χ0n) is 16.6. The maximum absolute atomic E-state index is 15.7. The maximum Gasteiger partial charge on any atom is 0.639 e. The van der Waals surface area contributed by atoms with Gasteiger partial charge in [-0.15, -0.1) is 0 Å². The molecule has 0 aliphatic carbocycles. The van der Waals surface area contributed by atoms with Gasteiger partial charge < -0.3 is 22.7 Å². The van der Waals surface area contributed by atoms with Gasteiger partial charge in [0.2, 0.25) is 5.84 Å². The molecule has 2 aromatic rings. The first kappa shape index (κ1) is 19.4. The van der Waals surface area contributed by atoms with Gasteiger partial charge in [0.05, 0.1) is 17.8 Å². The van der Waals surface area contributed by atoms with E-state index in [9.17, 15) is 4.79 Å². The largest absolute Gasteiger partial charge is 0.639 e. The number of rotatable bonds is 6. The molecule has 2 N–H and O–H groups in total. The van der Waals surface area contributed by atoms with Crippen LogP contribution in [0.4, 0.5) is 8.63 Å². The van der Waals surface area contributed by atoms with Crippen LogP contribution in [0.3, 0.4) is 0 Å². The van der Waals surface area contributed by atoms with E-state index in [4.69, 9.17) is 5.11 Å². The van der Waals surface area contributed by atoms with E-state index in [0.29, 0.717) is 35.9 Å². The Morgan fingerprint density at radius 1 is 1.17 bits per heavy atom. The lowest BCUT2D eigenvalue weighted by atomic mass is 9.90. The molecular weight excluding hydrogens is 375 g/mol. The molecule has 0 fully saturated rings. The number of carboxylic acid groups (broad SMARTS) is 1. The number of aromatic nitrogens is 1. The van der Waals surface area contributed by atoms with Gasteiger partial charge in [-0.25, -0.2) is 0 Å². The fourth-order valence-corrected chi connectivity index (χ4v) is 4.41. The average Bonchev–Trinajstić information content (AvgIpc) is 3.14. The molecule has 29 heavy (non-hydrogen) atoms. The number of nitrogens with zero attached hydrogens (tertiary/aromatic N) is 2. The van der Waals surface area contributed by atoms with Crippen molar-refractivity contribution >= 4 is 30.5 Å². The van der Waals surface area contributed by atoms with E-state index in [-0.39, 0.29) is 6.42 Å². The summed E-state index contributed by atoms with van der Waals surface area (Å²) >= 11 is 0. The predicted octanol–water partition coefficient (Wildman–Crippen LogP) is 3.85. The Hall–Kier alpha value is -2.90. The van der Waals surface area contributed by atoms with E-state index in [1.807, 2.05) is 37.3 Å². The number of hydrogen-bond acceptors (Lipinski definition) is 2. The summed E-state index contributed by atoms with van der Waals surface area (Å²) in [6.07, 6.45) is 4.02. The number of fused-ring (bicyclic) bond motifs is 4. The van der Waals surface area contributed by atoms with E-state index in [2.05, 4.69) is 5.32 Å². The molecular formula is C21H24BF2N3O2. The van der Waals surface area contributed by atoms with Gasteiger partial charge in [0.1, 0.15) is 0 Å². The van der Waals surface area contributed by atoms with E-state index in [1.165, 1.54) is 0 Å². The summed E-state index contributed by atoms with van der Waals surface area (Å²) < 4.78 is 33.8. The van der Waals surface area contributed by atoms with Crippen LogP contribution in [0.15, 0.2) is 30.3 Å². The predicted molar refractivity (Wildman–Crippen MR) is 110 cm³/mol. The molecule has 0 bridgehead atoms. The summed E-state index contributed by atoms with van der Waals surface area (Å²) in [5.41, 5.74) is 4.03. The number of aliphatic carboxylic acids is 1. The highest BCUT2D eigenvalue weighted by atomic mass is 19.2. The second kappa shape index (κ2) is 7.17. The number of hydrogen-bond donors (Lipinski definition) is 2. The summed E-state index contributed by atoms with van der Waals surface area (Å²) in [5, 5.41) is 11.9. The Balaban J connectivity index is 1.69. The number of nitrogens with one attached hydrogen (secondary N) is 1. The molecule has 0 radical (unpaired) electrons. The van der Waals surface area contributed by atoms with Gasteiger partial charge in [0.15, 0.2) is 0 Å². The van der Waals surface area contributed by atoms with Crippen LogP contribution in [0.5, 0.6) is 0 Å². The quantitative estimate of drug-likeness (QED) is 0.573. The Morgan fingerprint density at radius 3 is 2.62 bits per heavy atom. The highest BCUT2D eigenvalue weighted by Gasteiger charge is 2.50. The minimum Gasteiger partial charge on any atom is -0.481 e. The standard InChI is InChI=1S/C21H24BF2N3O2/c1-14-12-15(2)26-18(14)13-19-16-8-5-6-9-17(16)21(27(19)22(26,23)24)25-11-7-3-4-10-20(28)29/h5-6,8-9,12-13,25H,3-4,7,10-11H2,1-2H3,(H,28,29). The van der Waals surface area contributed by atoms with Crippen LogP contribution in [0.25, 0.3) is 11.8 Å². The molecule has 1 aromatic carbocycles. The molecule has 2 aliphatic heterocycles. The highest BCUT2D eigenvalue weighted by molar-refractivity contribution is 6.59. The molecule has 8 heteroatoms. The van der Waals surface area contributed by atoms with Gasteiger partial charge in [0.25, 0.3) is 0 Å². The zero-order valence-corrected chi connectivity index (χ0v) is 16.6. The molecule has 0 atom stereocenters. The summed E-state index contributed by atoms with van der Waals surface area (Å²) in [6.45, 7) is 0.0477. The van der Waals surface area contributed by atoms with Crippen LogP contribution in [0.1, 0.15) is 53.8 Å². The van der Waals surface area contributed by atoms with Gasteiger partial charge >= 0.3 is 12.9 Å². The first-order chi connectivity index (χ1) is 13.8.